The van der Waals surface area contributed by atoms with Gasteiger partial charge >= 0.3 is 6.09 Å². The Hall–Kier alpha value is -2.44. The van der Waals surface area contributed by atoms with Crippen molar-refractivity contribution in [3.05, 3.63) is 41.5 Å². The van der Waals surface area contributed by atoms with E-state index in [9.17, 15) is 18.4 Å². The zero-order valence-electron chi connectivity index (χ0n) is 16.9. The highest BCUT2D eigenvalue weighted by molar-refractivity contribution is 5.91. The molecule has 7 heteroatoms. The fourth-order valence-corrected chi connectivity index (χ4v) is 3.07. The van der Waals surface area contributed by atoms with Crippen molar-refractivity contribution < 1.29 is 23.1 Å². The molecule has 1 aromatic carbocycles. The molecule has 0 aromatic heterocycles. The van der Waals surface area contributed by atoms with Crippen LogP contribution in [0.15, 0.2) is 24.3 Å². The van der Waals surface area contributed by atoms with E-state index in [2.05, 4.69) is 0 Å². The lowest BCUT2D eigenvalue weighted by molar-refractivity contribution is -0.127. The van der Waals surface area contributed by atoms with Gasteiger partial charge in [-0.25, -0.2) is 13.6 Å². The quantitative estimate of drug-likeness (QED) is 0.723. The van der Waals surface area contributed by atoms with Crippen molar-refractivity contribution in [2.24, 2.45) is 5.92 Å². The molecule has 154 valence electrons. The van der Waals surface area contributed by atoms with Gasteiger partial charge in [-0.2, -0.15) is 0 Å². The third-order valence-corrected chi connectivity index (χ3v) is 4.56. The summed E-state index contributed by atoms with van der Waals surface area (Å²) in [7, 11) is 1.71. The first-order valence-corrected chi connectivity index (χ1v) is 9.42. The predicted octanol–water partition coefficient (Wildman–Crippen LogP) is 4.08. The smallest absolute Gasteiger partial charge is 0.410 e. The van der Waals surface area contributed by atoms with Crippen LogP contribution in [0.1, 0.15) is 39.2 Å². The van der Waals surface area contributed by atoms with Crippen molar-refractivity contribution in [1.29, 1.82) is 0 Å². The Bertz CT molecular complexity index is 715. The van der Waals surface area contributed by atoms with Crippen LogP contribution in [-0.4, -0.2) is 54.1 Å². The lowest BCUT2D eigenvalue weighted by atomic mass is 9.96. The van der Waals surface area contributed by atoms with Crippen molar-refractivity contribution >= 4 is 18.1 Å². The van der Waals surface area contributed by atoms with E-state index in [0.717, 1.165) is 25.0 Å². The van der Waals surface area contributed by atoms with Gasteiger partial charge in [0.25, 0.3) is 0 Å². The Labute approximate surface area is 164 Å². The predicted molar refractivity (Wildman–Crippen MR) is 104 cm³/mol. The molecule has 0 saturated carbocycles. The van der Waals surface area contributed by atoms with Crippen LogP contribution >= 0.6 is 0 Å². The van der Waals surface area contributed by atoms with Crippen molar-refractivity contribution in [2.75, 3.05) is 26.7 Å². The minimum Gasteiger partial charge on any atom is -0.444 e. The van der Waals surface area contributed by atoms with Crippen LogP contribution in [0.5, 0.6) is 0 Å². The van der Waals surface area contributed by atoms with Gasteiger partial charge in [0, 0.05) is 38.3 Å². The summed E-state index contributed by atoms with van der Waals surface area (Å²) in [6.45, 7) is 7.11. The molecule has 1 aliphatic heterocycles. The molecule has 2 amide bonds. The molecule has 0 atom stereocenters. The Kier molecular flexibility index (Phi) is 7.16. The first-order chi connectivity index (χ1) is 13.1. The van der Waals surface area contributed by atoms with E-state index >= 15 is 0 Å². The van der Waals surface area contributed by atoms with E-state index in [4.69, 9.17) is 4.74 Å². The van der Waals surface area contributed by atoms with Crippen LogP contribution in [0.2, 0.25) is 0 Å². The molecular formula is C21H28F2N2O3. The maximum Gasteiger partial charge on any atom is 0.410 e. The number of nitrogens with zero attached hydrogens (tertiary/aromatic N) is 2. The number of piperidine rings is 1. The van der Waals surface area contributed by atoms with Crippen molar-refractivity contribution in [1.82, 2.24) is 9.80 Å². The van der Waals surface area contributed by atoms with Crippen LogP contribution in [0, 0.1) is 17.6 Å². The molecule has 5 nitrogen and oxygen atoms in total. The van der Waals surface area contributed by atoms with Gasteiger partial charge in [-0.3, -0.25) is 4.79 Å². The monoisotopic (exact) mass is 394 g/mol. The van der Waals surface area contributed by atoms with Gasteiger partial charge in [-0.1, -0.05) is 6.07 Å². The Balaban J connectivity index is 1.84. The van der Waals surface area contributed by atoms with Crippen LogP contribution in [-0.2, 0) is 9.53 Å². The van der Waals surface area contributed by atoms with E-state index in [-0.39, 0.29) is 23.5 Å². The third kappa shape index (κ3) is 6.32. The average molecular weight is 394 g/mol. The zero-order chi connectivity index (χ0) is 20.9. The van der Waals surface area contributed by atoms with Crippen molar-refractivity contribution in [3.8, 4) is 0 Å². The summed E-state index contributed by atoms with van der Waals surface area (Å²) < 4.78 is 32.6. The van der Waals surface area contributed by atoms with Gasteiger partial charge < -0.3 is 14.5 Å². The van der Waals surface area contributed by atoms with Crippen molar-refractivity contribution in [3.63, 3.8) is 0 Å². The van der Waals surface area contributed by atoms with Crippen LogP contribution < -0.4 is 0 Å². The highest BCUT2D eigenvalue weighted by Gasteiger charge is 2.26. The number of likely N-dealkylation sites (tertiary alicyclic amines) is 1. The summed E-state index contributed by atoms with van der Waals surface area (Å²) in [5, 5.41) is 0. The van der Waals surface area contributed by atoms with Gasteiger partial charge in [0.05, 0.1) is 0 Å². The highest BCUT2D eigenvalue weighted by Crippen LogP contribution is 2.20. The van der Waals surface area contributed by atoms with E-state index in [1.165, 1.54) is 18.2 Å². The first kappa shape index (κ1) is 21.9. The SMILES string of the molecule is CN(CC1CCN(C(=O)/C=C/c2c(F)cccc2F)CC1)C(=O)OC(C)(C)C. The largest absolute Gasteiger partial charge is 0.444 e. The number of benzene rings is 1. The number of carbonyl (C=O) groups is 2. The molecule has 1 heterocycles. The summed E-state index contributed by atoms with van der Waals surface area (Å²) in [5.41, 5.74) is -0.754. The topological polar surface area (TPSA) is 49.9 Å². The van der Waals surface area contributed by atoms with Gasteiger partial charge in [-0.15, -0.1) is 0 Å². The molecule has 0 radical (unpaired) electrons. The maximum absolute atomic E-state index is 13.6. The Morgan fingerprint density at radius 2 is 1.79 bits per heavy atom. The van der Waals surface area contributed by atoms with Crippen LogP contribution in [0.25, 0.3) is 6.08 Å². The molecule has 0 N–H and O–H groups in total. The van der Waals surface area contributed by atoms with Crippen molar-refractivity contribution in [2.45, 2.75) is 39.2 Å². The number of rotatable bonds is 4. The van der Waals surface area contributed by atoms with Gasteiger partial charge in [-0.05, 0) is 57.7 Å². The second-order valence-corrected chi connectivity index (χ2v) is 8.10. The van der Waals surface area contributed by atoms with Gasteiger partial charge in [0.15, 0.2) is 0 Å². The number of hydrogen-bond donors (Lipinski definition) is 0. The third-order valence-electron chi connectivity index (χ3n) is 4.56. The Morgan fingerprint density at radius 3 is 2.32 bits per heavy atom. The number of ether oxygens (including phenoxy) is 1. The summed E-state index contributed by atoms with van der Waals surface area (Å²) in [4.78, 5) is 27.6. The van der Waals surface area contributed by atoms with Gasteiger partial charge in [0.1, 0.15) is 17.2 Å². The average Bonchev–Trinajstić information content (AvgIpc) is 2.60. The Morgan fingerprint density at radius 1 is 1.21 bits per heavy atom. The second kappa shape index (κ2) is 9.17. The molecule has 28 heavy (non-hydrogen) atoms. The van der Waals surface area contributed by atoms with E-state index in [1.54, 1.807) is 16.8 Å². The lowest BCUT2D eigenvalue weighted by Crippen LogP contribution is -2.42. The molecule has 2 rings (SSSR count). The minimum absolute atomic E-state index is 0.218. The van der Waals surface area contributed by atoms with Crippen LogP contribution in [0.3, 0.4) is 0 Å². The van der Waals surface area contributed by atoms with E-state index in [1.807, 2.05) is 20.8 Å². The molecule has 1 aliphatic rings. The summed E-state index contributed by atoms with van der Waals surface area (Å²) in [6.07, 6.45) is 3.52. The van der Waals surface area contributed by atoms with E-state index in [0.29, 0.717) is 19.6 Å². The number of amides is 2. The fourth-order valence-electron chi connectivity index (χ4n) is 3.07. The van der Waals surface area contributed by atoms with Crippen LogP contribution in [0.4, 0.5) is 13.6 Å². The zero-order valence-corrected chi connectivity index (χ0v) is 16.9. The molecule has 1 fully saturated rings. The molecular weight excluding hydrogens is 366 g/mol. The molecule has 0 unspecified atom stereocenters. The lowest BCUT2D eigenvalue weighted by Gasteiger charge is -2.34. The standard InChI is InChI=1S/C21H28F2N2O3/c1-21(2,3)28-20(27)24(4)14-15-10-12-25(13-11-15)19(26)9-8-16-17(22)6-5-7-18(16)23/h5-9,15H,10-14H2,1-4H3/b9-8+. The van der Waals surface area contributed by atoms with E-state index < -0.39 is 17.2 Å². The molecule has 0 spiro atoms. The second-order valence-electron chi connectivity index (χ2n) is 8.10. The number of carbonyl (C=O) groups excluding carboxylic acids is 2. The number of halogens is 2. The molecule has 0 bridgehead atoms. The maximum atomic E-state index is 13.6. The number of hydrogen-bond acceptors (Lipinski definition) is 3. The molecule has 0 aliphatic carbocycles. The first-order valence-electron chi connectivity index (χ1n) is 9.42. The normalized spacial score (nSPS) is 15.7. The molecule has 1 saturated heterocycles. The fraction of sp³-hybridized carbons (Fsp3) is 0.524. The summed E-state index contributed by atoms with van der Waals surface area (Å²) >= 11 is 0. The molecule has 1 aromatic rings. The minimum atomic E-state index is -0.701. The summed E-state index contributed by atoms with van der Waals surface area (Å²) in [5.74, 6) is -1.41. The summed E-state index contributed by atoms with van der Waals surface area (Å²) in [6, 6.07) is 3.59. The highest BCUT2D eigenvalue weighted by atomic mass is 19.1. The van der Waals surface area contributed by atoms with Gasteiger partial charge in [0.2, 0.25) is 5.91 Å².